The summed E-state index contributed by atoms with van der Waals surface area (Å²) in [6.07, 6.45) is -0.532. The molecule has 0 atom stereocenters. The van der Waals surface area contributed by atoms with Crippen molar-refractivity contribution in [2.75, 3.05) is 3.13 Å². The van der Waals surface area contributed by atoms with Gasteiger partial charge in [-0.3, -0.25) is 0 Å². The molecule has 10 nitrogen and oxygen atoms in total. The van der Waals surface area contributed by atoms with E-state index in [4.69, 9.17) is 10.2 Å². The number of hydrogen-bond donors (Lipinski definition) is 2. The summed E-state index contributed by atoms with van der Waals surface area (Å²) in [4.78, 5) is 10.4. The van der Waals surface area contributed by atoms with Crippen molar-refractivity contribution in [2.45, 2.75) is 6.29 Å². The average molecular weight is 1080 g/mol. The van der Waals surface area contributed by atoms with Crippen molar-refractivity contribution >= 4 is 105 Å². The molecule has 1 fully saturated rings. The maximum absolute atomic E-state index is 10.4. The van der Waals surface area contributed by atoms with E-state index in [0.717, 1.165) is 11.3 Å². The van der Waals surface area contributed by atoms with Crippen LogP contribution in [0.25, 0.3) is 0 Å². The molecule has 21 heavy (non-hydrogen) atoms. The topological polar surface area (TPSA) is 127 Å². The number of benzene rings is 1. The van der Waals surface area contributed by atoms with Gasteiger partial charge < -0.3 is 0 Å². The van der Waals surface area contributed by atoms with Crippen LogP contribution in [0.3, 0.4) is 0 Å². The van der Waals surface area contributed by atoms with E-state index in [1.54, 1.807) is 0 Å². The second-order valence-electron chi connectivity index (χ2n) is 3.62. The quantitative estimate of drug-likeness (QED) is 0.215. The number of nitrogens with zero attached hydrogens (tertiary/aromatic N) is 1. The first-order chi connectivity index (χ1) is 10.0. The molecule has 6 radical (unpaired) electrons. The molecule has 110 valence electrons. The van der Waals surface area contributed by atoms with Crippen LogP contribution in [0, 0.1) is 10.1 Å². The third kappa shape index (κ3) is 6.26. The predicted octanol–water partition coefficient (Wildman–Crippen LogP) is -1.34. The molecular weight excluding hydrogens is 1070 g/mol. The molecule has 1 heterocycles. The van der Waals surface area contributed by atoms with Gasteiger partial charge in [0.2, 0.25) is 0 Å². The molecule has 1 aliphatic heterocycles. The Balaban J connectivity index is 1.96. The summed E-state index contributed by atoms with van der Waals surface area (Å²) < 4.78 is 35.1. The third-order valence-electron chi connectivity index (χ3n) is 2.23. The molecule has 0 bridgehead atoms. The van der Waals surface area contributed by atoms with Crippen LogP contribution in [0.1, 0.15) is 11.9 Å². The zero-order valence-electron chi connectivity index (χ0n) is 10.3. The minimum atomic E-state index is -4.63. The summed E-state index contributed by atoms with van der Waals surface area (Å²) in [6, 6.07) is 7.68. The Bertz CT molecular complexity index is 482. The van der Waals surface area contributed by atoms with Crippen molar-refractivity contribution in [3.63, 3.8) is 0 Å². The van der Waals surface area contributed by atoms with Crippen LogP contribution >= 0.6 is 0 Å². The molecule has 0 unspecified atom stereocenters. The number of hydrogen-bond acceptors (Lipinski definition) is 9. The number of nitrogens with two attached hydrogens (primary N) is 1. The zero-order valence-corrected chi connectivity index (χ0v) is 26.5. The van der Waals surface area contributed by atoms with Crippen molar-refractivity contribution < 1.29 is 14.5 Å². The van der Waals surface area contributed by atoms with Gasteiger partial charge in [-0.2, -0.15) is 0 Å². The summed E-state index contributed by atoms with van der Waals surface area (Å²) in [5.41, 5.74) is 1.91. The van der Waals surface area contributed by atoms with Crippen molar-refractivity contribution in [2.24, 2.45) is 3.54 Å². The molecular formula is C7H9N3O7Pb4. The average Bonchev–Trinajstić information content (AvgIpc) is 2.43. The summed E-state index contributed by atoms with van der Waals surface area (Å²) >= 11 is -8.16. The fourth-order valence-electron chi connectivity index (χ4n) is 1.31. The van der Waals surface area contributed by atoms with Gasteiger partial charge in [-0.05, 0) is 0 Å². The number of nitrogens with one attached hydrogen (secondary N) is 1. The van der Waals surface area contributed by atoms with Crippen LogP contribution < -0.4 is 6.67 Å². The Morgan fingerprint density at radius 1 is 1.33 bits per heavy atom. The van der Waals surface area contributed by atoms with E-state index in [-0.39, 0.29) is 0 Å². The minimum absolute atomic E-state index is 0.532. The molecule has 14 heteroatoms. The van der Waals surface area contributed by atoms with Gasteiger partial charge in [0, 0.05) is 0 Å². The first-order valence-corrected chi connectivity index (χ1v) is 21.0. The monoisotopic (exact) mass is 1080 g/mol. The number of rotatable bonds is 4. The second kappa shape index (κ2) is 9.26. The standard InChI is InChI=1S/C7H6NO2.NO3.H2N.2O.4Pb.H/c8-6-3-1-5(2-4-6)7(9)10;2-1(3)4;;;;;;;;/h1-4,7-8H;;1H2;;;;;;;/q-3;2*-1;;;3*+1;+2;. The third-order valence-corrected chi connectivity index (χ3v) is 35.5. The van der Waals surface area contributed by atoms with Crippen LogP contribution in [0.4, 0.5) is 5.69 Å². The van der Waals surface area contributed by atoms with Gasteiger partial charge in [0.05, 0.1) is 0 Å². The van der Waals surface area contributed by atoms with Gasteiger partial charge in [-0.15, -0.1) is 0 Å². The summed E-state index contributed by atoms with van der Waals surface area (Å²) in [5, 5.41) is 9.41. The molecule has 0 aromatic heterocycles. The van der Waals surface area contributed by atoms with Gasteiger partial charge in [0.25, 0.3) is 0 Å². The van der Waals surface area contributed by atoms with Crippen LogP contribution in [-0.4, -0.2) is 104 Å². The van der Waals surface area contributed by atoms with E-state index < -0.39 is 84.5 Å². The van der Waals surface area contributed by atoms with Crippen molar-refractivity contribution in [1.82, 2.24) is 0 Å². The molecule has 0 aliphatic carbocycles. The van der Waals surface area contributed by atoms with Gasteiger partial charge in [-0.25, -0.2) is 0 Å². The Morgan fingerprint density at radius 3 is 2.38 bits per heavy atom. The summed E-state index contributed by atoms with van der Waals surface area (Å²) in [6.45, 7) is 0. The van der Waals surface area contributed by atoms with Crippen LogP contribution in [0.2, 0.25) is 0 Å². The Labute approximate surface area is 169 Å². The van der Waals surface area contributed by atoms with E-state index >= 15 is 0 Å². The van der Waals surface area contributed by atoms with Crippen LogP contribution in [0.15, 0.2) is 24.3 Å². The first kappa shape index (κ1) is 19.0. The SMILES string of the molecule is [NH2][Pb]1([O][N+](=O)[O-])[O][Pb][O]C(c2ccc([NH][PbH])cc2)[O][Pb][O]1. The molecule has 3 N–H and O–H groups in total. The first-order valence-electron chi connectivity index (χ1n) is 5.39. The molecule has 1 aromatic rings. The van der Waals surface area contributed by atoms with Gasteiger partial charge in [0.15, 0.2) is 0 Å². The summed E-state index contributed by atoms with van der Waals surface area (Å²) in [7, 11) is 0. The van der Waals surface area contributed by atoms with E-state index in [1.807, 2.05) is 24.3 Å². The van der Waals surface area contributed by atoms with Crippen LogP contribution in [-0.2, 0) is 9.44 Å². The second-order valence-corrected chi connectivity index (χ2v) is 28.8. The zero-order chi connectivity index (χ0) is 15.3. The van der Waals surface area contributed by atoms with E-state index in [0.29, 0.717) is 26.1 Å². The molecule has 2 rings (SSSR count). The fourth-order valence-corrected chi connectivity index (χ4v) is 35.8. The van der Waals surface area contributed by atoms with Crippen molar-refractivity contribution in [3.8, 4) is 0 Å². The van der Waals surface area contributed by atoms with Gasteiger partial charge >= 0.3 is 172 Å². The van der Waals surface area contributed by atoms with E-state index in [9.17, 15) is 10.1 Å². The van der Waals surface area contributed by atoms with Gasteiger partial charge in [0.1, 0.15) is 0 Å². The molecule has 0 spiro atoms. The molecule has 0 amide bonds. The molecule has 0 saturated carbocycles. The molecule has 1 aromatic carbocycles. The maximum atomic E-state index is 10.4. The summed E-state index contributed by atoms with van der Waals surface area (Å²) in [5.74, 6) is 0. The predicted molar refractivity (Wildman–Crippen MR) is 73.8 cm³/mol. The van der Waals surface area contributed by atoms with Crippen molar-refractivity contribution in [3.05, 3.63) is 39.9 Å². The Hall–Kier alpha value is 1.71. The Kier molecular flexibility index (Phi) is 8.39. The van der Waals surface area contributed by atoms with Crippen molar-refractivity contribution in [1.29, 1.82) is 0 Å². The van der Waals surface area contributed by atoms with E-state index in [1.165, 1.54) is 0 Å². The molecule has 1 aliphatic rings. The Morgan fingerprint density at radius 2 is 1.90 bits per heavy atom. The normalized spacial score (nSPS) is 26.5. The van der Waals surface area contributed by atoms with Crippen LogP contribution in [0.5, 0.6) is 0 Å². The van der Waals surface area contributed by atoms with Gasteiger partial charge in [-0.1, -0.05) is 0 Å². The van der Waals surface area contributed by atoms with E-state index in [2.05, 4.69) is 5.91 Å². The molecule has 1 saturated heterocycles. The number of anilines is 1. The fraction of sp³-hybridized carbons (Fsp3) is 0.143.